The minimum atomic E-state index is -1.41. The Morgan fingerprint density at radius 2 is 1.88 bits per heavy atom. The second kappa shape index (κ2) is 5.61. The van der Waals surface area contributed by atoms with Gasteiger partial charge in [-0.3, -0.25) is 4.79 Å². The number of hydrogen-bond donors (Lipinski definition) is 1. The Labute approximate surface area is 102 Å². The molecule has 0 unspecified atom stereocenters. The number of carbonyl (C=O) groups is 2. The molecule has 0 bridgehead atoms. The zero-order valence-electron chi connectivity index (χ0n) is 8.74. The highest BCUT2D eigenvalue weighted by Gasteiger charge is 2.15. The number of ketones is 1. The molecule has 84 valence electrons. The molecule has 1 aromatic rings. The van der Waals surface area contributed by atoms with Crippen molar-refractivity contribution in [1.29, 1.82) is 0 Å². The average Bonchev–Trinajstić information content (AvgIpc) is 2.27. The van der Waals surface area contributed by atoms with Crippen molar-refractivity contribution in [1.82, 2.24) is 0 Å². The van der Waals surface area contributed by atoms with Crippen molar-refractivity contribution in [3.63, 3.8) is 0 Å². The highest BCUT2D eigenvalue weighted by molar-refractivity contribution is 9.10. The van der Waals surface area contributed by atoms with Crippen molar-refractivity contribution in [2.75, 3.05) is 0 Å². The lowest BCUT2D eigenvalue weighted by Gasteiger charge is -2.00. The third kappa shape index (κ3) is 3.31. The van der Waals surface area contributed by atoms with Crippen LogP contribution in [0.2, 0.25) is 0 Å². The predicted octanol–water partition coefficient (Wildman–Crippen LogP) is 2.90. The quantitative estimate of drug-likeness (QED) is 0.682. The van der Waals surface area contributed by atoms with Crippen LogP contribution in [-0.4, -0.2) is 16.9 Å². The van der Waals surface area contributed by atoms with Crippen molar-refractivity contribution >= 4 is 33.8 Å². The van der Waals surface area contributed by atoms with E-state index in [0.717, 1.165) is 10.0 Å². The average molecular weight is 283 g/mol. The molecule has 0 heterocycles. The molecule has 1 rings (SSSR count). The normalized spacial score (nSPS) is 11.2. The Kier molecular flexibility index (Phi) is 4.43. The number of carbonyl (C=O) groups excluding carboxylic acids is 1. The summed E-state index contributed by atoms with van der Waals surface area (Å²) in [6.07, 6.45) is 2.00. The van der Waals surface area contributed by atoms with Gasteiger partial charge >= 0.3 is 5.97 Å². The Morgan fingerprint density at radius 1 is 1.31 bits per heavy atom. The Morgan fingerprint density at radius 3 is 2.31 bits per heavy atom. The van der Waals surface area contributed by atoms with Crippen LogP contribution in [0.5, 0.6) is 0 Å². The van der Waals surface area contributed by atoms with Gasteiger partial charge in [-0.25, -0.2) is 4.79 Å². The number of hydrogen-bond acceptors (Lipinski definition) is 2. The summed E-state index contributed by atoms with van der Waals surface area (Å²) in [4.78, 5) is 21.8. The van der Waals surface area contributed by atoms with Crippen LogP contribution in [0.15, 0.2) is 34.3 Å². The van der Waals surface area contributed by atoms with Gasteiger partial charge < -0.3 is 5.11 Å². The van der Waals surface area contributed by atoms with E-state index in [9.17, 15) is 9.59 Å². The molecule has 0 radical (unpaired) electrons. The van der Waals surface area contributed by atoms with E-state index in [2.05, 4.69) is 15.9 Å². The van der Waals surface area contributed by atoms with E-state index in [4.69, 9.17) is 5.11 Å². The van der Waals surface area contributed by atoms with Crippen molar-refractivity contribution in [3.8, 4) is 0 Å². The van der Waals surface area contributed by atoms with Gasteiger partial charge in [0, 0.05) is 10.0 Å². The lowest BCUT2D eigenvalue weighted by molar-refractivity contribution is -0.147. The molecule has 0 fully saturated rings. The first-order valence-corrected chi connectivity index (χ1v) is 5.57. The van der Waals surface area contributed by atoms with Crippen LogP contribution in [-0.2, 0) is 9.59 Å². The number of aliphatic carboxylic acids is 1. The maximum absolute atomic E-state index is 11.3. The van der Waals surface area contributed by atoms with Crippen LogP contribution in [0.3, 0.4) is 0 Å². The molecule has 0 aliphatic rings. The van der Waals surface area contributed by atoms with Gasteiger partial charge in [0.15, 0.2) is 0 Å². The zero-order chi connectivity index (χ0) is 12.1. The van der Waals surface area contributed by atoms with Gasteiger partial charge in [0.2, 0.25) is 0 Å². The van der Waals surface area contributed by atoms with Crippen LogP contribution in [0.25, 0.3) is 6.08 Å². The smallest absolute Gasteiger partial charge is 0.376 e. The van der Waals surface area contributed by atoms with Gasteiger partial charge in [-0.1, -0.05) is 35.0 Å². The van der Waals surface area contributed by atoms with E-state index in [1.165, 1.54) is 0 Å². The predicted molar refractivity (Wildman–Crippen MR) is 65.1 cm³/mol. The van der Waals surface area contributed by atoms with E-state index in [-0.39, 0.29) is 0 Å². The fourth-order valence-electron chi connectivity index (χ4n) is 1.23. The number of benzene rings is 1. The molecule has 4 heteroatoms. The summed E-state index contributed by atoms with van der Waals surface area (Å²) in [5.74, 6) is -2.25. The molecule has 3 nitrogen and oxygen atoms in total. The van der Waals surface area contributed by atoms with Gasteiger partial charge in [0.05, 0.1) is 0 Å². The number of carboxylic acid groups (broad SMARTS) is 1. The van der Waals surface area contributed by atoms with E-state index in [1.807, 2.05) is 24.3 Å². The van der Waals surface area contributed by atoms with Gasteiger partial charge in [-0.15, -0.1) is 0 Å². The van der Waals surface area contributed by atoms with Crippen LogP contribution in [0.4, 0.5) is 0 Å². The number of carboxylic acids is 1. The van der Waals surface area contributed by atoms with Crippen molar-refractivity contribution in [2.24, 2.45) is 0 Å². The molecule has 0 saturated carbocycles. The second-order valence-electron chi connectivity index (χ2n) is 3.21. The third-order valence-electron chi connectivity index (χ3n) is 2.08. The minimum Gasteiger partial charge on any atom is -0.475 e. The minimum absolute atomic E-state index is 0.301. The second-order valence-corrected chi connectivity index (χ2v) is 4.12. The fourth-order valence-corrected chi connectivity index (χ4v) is 1.49. The lowest BCUT2D eigenvalue weighted by Crippen LogP contribution is -2.14. The van der Waals surface area contributed by atoms with Crippen molar-refractivity contribution < 1.29 is 14.7 Å². The Hall–Kier alpha value is -1.42. The molecule has 0 aromatic heterocycles. The molecule has 16 heavy (non-hydrogen) atoms. The first kappa shape index (κ1) is 12.6. The monoisotopic (exact) mass is 282 g/mol. The molecule has 0 amide bonds. The van der Waals surface area contributed by atoms with Gasteiger partial charge in [0.25, 0.3) is 5.78 Å². The molecule has 0 aliphatic heterocycles. The molecular formula is C12H11BrO3. The molecule has 0 spiro atoms. The van der Waals surface area contributed by atoms with Gasteiger partial charge in [0.1, 0.15) is 0 Å². The summed E-state index contributed by atoms with van der Waals surface area (Å²) in [7, 11) is 0. The summed E-state index contributed by atoms with van der Waals surface area (Å²) < 4.78 is 0.937. The summed E-state index contributed by atoms with van der Waals surface area (Å²) in [6.45, 7) is 1.76. The van der Waals surface area contributed by atoms with Gasteiger partial charge in [-0.2, -0.15) is 0 Å². The van der Waals surface area contributed by atoms with E-state index >= 15 is 0 Å². The molecule has 0 aliphatic carbocycles. The number of halogens is 1. The standard InChI is InChI=1S/C12H11BrO3/c1-2-9(11(14)12(15)16)7-8-3-5-10(13)6-4-8/h3-7H,2H2,1H3,(H,15,16)/b9-7+. The van der Waals surface area contributed by atoms with Crippen LogP contribution in [0.1, 0.15) is 18.9 Å². The van der Waals surface area contributed by atoms with E-state index in [0.29, 0.717) is 12.0 Å². The fraction of sp³-hybridized carbons (Fsp3) is 0.167. The van der Waals surface area contributed by atoms with E-state index < -0.39 is 11.8 Å². The summed E-state index contributed by atoms with van der Waals surface area (Å²) in [5, 5.41) is 8.61. The lowest BCUT2D eigenvalue weighted by atomic mass is 10.0. The largest absolute Gasteiger partial charge is 0.475 e. The van der Waals surface area contributed by atoms with Gasteiger partial charge in [-0.05, 0) is 30.2 Å². The molecular weight excluding hydrogens is 272 g/mol. The molecule has 0 atom stereocenters. The Bertz CT molecular complexity index is 432. The van der Waals surface area contributed by atoms with Crippen LogP contribution >= 0.6 is 15.9 Å². The SMILES string of the molecule is CC/C(=C\c1ccc(Br)cc1)C(=O)C(=O)O. The molecule has 1 N–H and O–H groups in total. The maximum Gasteiger partial charge on any atom is 0.376 e. The van der Waals surface area contributed by atoms with E-state index in [1.54, 1.807) is 13.0 Å². The van der Waals surface area contributed by atoms with Crippen LogP contribution < -0.4 is 0 Å². The number of rotatable bonds is 4. The molecule has 1 aromatic carbocycles. The van der Waals surface area contributed by atoms with Crippen LogP contribution in [0, 0.1) is 0 Å². The number of Topliss-reactive ketones (excluding diaryl/α,β-unsaturated/α-hetero) is 1. The highest BCUT2D eigenvalue weighted by atomic mass is 79.9. The van der Waals surface area contributed by atoms with Crippen molar-refractivity contribution in [3.05, 3.63) is 39.9 Å². The third-order valence-corrected chi connectivity index (χ3v) is 2.61. The highest BCUT2D eigenvalue weighted by Crippen LogP contribution is 2.15. The first-order chi connectivity index (χ1) is 7.54. The summed E-state index contributed by atoms with van der Waals surface area (Å²) in [5.41, 5.74) is 1.12. The first-order valence-electron chi connectivity index (χ1n) is 4.78. The zero-order valence-corrected chi connectivity index (χ0v) is 10.3. The van der Waals surface area contributed by atoms with Crippen molar-refractivity contribution in [2.45, 2.75) is 13.3 Å². The topological polar surface area (TPSA) is 54.4 Å². The summed E-state index contributed by atoms with van der Waals surface area (Å²) >= 11 is 3.30. The maximum atomic E-state index is 11.3. The Balaban J connectivity index is 3.00. The molecule has 0 saturated heterocycles. The summed E-state index contributed by atoms with van der Waals surface area (Å²) in [6, 6.07) is 7.30.